The maximum absolute atomic E-state index is 11.5. The predicted molar refractivity (Wildman–Crippen MR) is 66.2 cm³/mol. The maximum atomic E-state index is 11.5. The van der Waals surface area contributed by atoms with Gasteiger partial charge >= 0.3 is 0 Å². The summed E-state index contributed by atoms with van der Waals surface area (Å²) >= 11 is 0. The molecule has 4 nitrogen and oxygen atoms in total. The molecule has 0 aliphatic heterocycles. The fourth-order valence-corrected chi connectivity index (χ4v) is 1.18. The molecular weight excluding hydrogens is 204 g/mol. The molecule has 0 radical (unpaired) electrons. The van der Waals surface area contributed by atoms with Crippen molar-refractivity contribution >= 4 is 5.91 Å². The van der Waals surface area contributed by atoms with Gasteiger partial charge in [-0.05, 0) is 18.3 Å². The summed E-state index contributed by atoms with van der Waals surface area (Å²) in [6.07, 6.45) is 2.32. The first kappa shape index (κ1) is 15.4. The van der Waals surface area contributed by atoms with Crippen molar-refractivity contribution in [2.75, 3.05) is 20.3 Å². The van der Waals surface area contributed by atoms with Crippen LogP contribution in [0.1, 0.15) is 40.0 Å². The molecule has 1 amide bonds. The molecule has 4 heteroatoms. The number of rotatable bonds is 7. The first-order valence-corrected chi connectivity index (χ1v) is 5.89. The van der Waals surface area contributed by atoms with Gasteiger partial charge in [-0.15, -0.1) is 0 Å². The van der Waals surface area contributed by atoms with Gasteiger partial charge in [0, 0.05) is 32.7 Å². The van der Waals surface area contributed by atoms with Gasteiger partial charge in [-0.3, -0.25) is 4.79 Å². The van der Waals surface area contributed by atoms with E-state index in [9.17, 15) is 4.79 Å². The standard InChI is InChI=1S/C12H26N2O2/c1-12(2,3)10(13)9-11(15)14-7-5-6-8-16-4/h10H,5-9,13H2,1-4H3,(H,14,15). The Kier molecular flexibility index (Phi) is 7.34. The van der Waals surface area contributed by atoms with Crippen molar-refractivity contribution in [3.63, 3.8) is 0 Å². The van der Waals surface area contributed by atoms with E-state index in [0.29, 0.717) is 13.0 Å². The maximum Gasteiger partial charge on any atom is 0.221 e. The molecular formula is C12H26N2O2. The van der Waals surface area contributed by atoms with E-state index < -0.39 is 0 Å². The molecule has 1 atom stereocenters. The average molecular weight is 230 g/mol. The fraction of sp³-hybridized carbons (Fsp3) is 0.917. The monoisotopic (exact) mass is 230 g/mol. The Labute approximate surface area is 98.9 Å². The molecule has 0 aromatic rings. The summed E-state index contributed by atoms with van der Waals surface area (Å²) in [5, 5.41) is 2.87. The summed E-state index contributed by atoms with van der Waals surface area (Å²) in [4.78, 5) is 11.5. The van der Waals surface area contributed by atoms with Crippen molar-refractivity contribution in [3.05, 3.63) is 0 Å². The summed E-state index contributed by atoms with van der Waals surface area (Å²) in [7, 11) is 1.68. The molecule has 0 bridgehead atoms. The quantitative estimate of drug-likeness (QED) is 0.648. The number of carbonyl (C=O) groups is 1. The molecule has 0 spiro atoms. The van der Waals surface area contributed by atoms with Gasteiger partial charge in [0.25, 0.3) is 0 Å². The summed E-state index contributed by atoms with van der Waals surface area (Å²) in [6.45, 7) is 7.59. The Bertz CT molecular complexity index is 200. The number of nitrogens with two attached hydrogens (primary N) is 1. The topological polar surface area (TPSA) is 64.3 Å². The van der Waals surface area contributed by atoms with Gasteiger partial charge in [-0.2, -0.15) is 0 Å². The second-order valence-electron chi connectivity index (χ2n) is 5.23. The SMILES string of the molecule is COCCCCNC(=O)CC(N)C(C)(C)C. The van der Waals surface area contributed by atoms with E-state index >= 15 is 0 Å². The van der Waals surface area contributed by atoms with Crippen molar-refractivity contribution in [2.24, 2.45) is 11.1 Å². The lowest BCUT2D eigenvalue weighted by Gasteiger charge is -2.26. The lowest BCUT2D eigenvalue weighted by atomic mass is 9.85. The lowest BCUT2D eigenvalue weighted by Crippen LogP contribution is -2.40. The number of methoxy groups -OCH3 is 1. The Balaban J connectivity index is 3.59. The van der Waals surface area contributed by atoms with Crippen LogP contribution in [0.15, 0.2) is 0 Å². The number of ether oxygens (including phenoxy) is 1. The van der Waals surface area contributed by atoms with E-state index in [-0.39, 0.29) is 17.4 Å². The van der Waals surface area contributed by atoms with Gasteiger partial charge in [0.15, 0.2) is 0 Å². The van der Waals surface area contributed by atoms with Gasteiger partial charge in [-0.1, -0.05) is 20.8 Å². The van der Waals surface area contributed by atoms with Gasteiger partial charge in [-0.25, -0.2) is 0 Å². The van der Waals surface area contributed by atoms with Crippen LogP contribution in [0.3, 0.4) is 0 Å². The number of hydrogen-bond acceptors (Lipinski definition) is 3. The third kappa shape index (κ3) is 7.65. The third-order valence-electron chi connectivity index (χ3n) is 2.62. The molecule has 0 saturated carbocycles. The molecule has 0 aromatic heterocycles. The van der Waals surface area contributed by atoms with Crippen LogP contribution in [0.2, 0.25) is 0 Å². The number of carbonyl (C=O) groups excluding carboxylic acids is 1. The molecule has 0 fully saturated rings. The van der Waals surface area contributed by atoms with Gasteiger partial charge in [0.1, 0.15) is 0 Å². The van der Waals surface area contributed by atoms with Gasteiger partial charge in [0.05, 0.1) is 0 Å². The van der Waals surface area contributed by atoms with Crippen LogP contribution in [0.25, 0.3) is 0 Å². The smallest absolute Gasteiger partial charge is 0.221 e. The fourth-order valence-electron chi connectivity index (χ4n) is 1.18. The van der Waals surface area contributed by atoms with E-state index in [2.05, 4.69) is 5.32 Å². The number of unbranched alkanes of at least 4 members (excludes halogenated alkanes) is 1. The van der Waals surface area contributed by atoms with E-state index in [1.807, 2.05) is 20.8 Å². The van der Waals surface area contributed by atoms with Crippen molar-refractivity contribution in [3.8, 4) is 0 Å². The highest BCUT2D eigenvalue weighted by molar-refractivity contribution is 5.76. The molecule has 0 saturated heterocycles. The zero-order valence-corrected chi connectivity index (χ0v) is 11.0. The number of nitrogens with one attached hydrogen (secondary N) is 1. The highest BCUT2D eigenvalue weighted by Gasteiger charge is 2.22. The van der Waals surface area contributed by atoms with Crippen LogP contribution in [-0.4, -0.2) is 32.2 Å². The molecule has 16 heavy (non-hydrogen) atoms. The van der Waals surface area contributed by atoms with E-state index in [0.717, 1.165) is 19.4 Å². The van der Waals surface area contributed by atoms with Crippen LogP contribution in [-0.2, 0) is 9.53 Å². The first-order valence-electron chi connectivity index (χ1n) is 5.89. The van der Waals surface area contributed by atoms with Crippen LogP contribution in [0, 0.1) is 5.41 Å². The van der Waals surface area contributed by atoms with Crippen LogP contribution in [0.5, 0.6) is 0 Å². The second kappa shape index (κ2) is 7.63. The number of hydrogen-bond donors (Lipinski definition) is 2. The minimum absolute atomic E-state index is 0.0204. The second-order valence-corrected chi connectivity index (χ2v) is 5.23. The lowest BCUT2D eigenvalue weighted by molar-refractivity contribution is -0.121. The zero-order chi connectivity index (χ0) is 12.6. The normalized spacial score (nSPS) is 13.6. The molecule has 3 N–H and O–H groups in total. The number of amides is 1. The van der Waals surface area contributed by atoms with Gasteiger partial charge < -0.3 is 15.8 Å². The molecule has 96 valence electrons. The van der Waals surface area contributed by atoms with Crippen LogP contribution >= 0.6 is 0 Å². The largest absolute Gasteiger partial charge is 0.385 e. The summed E-state index contributed by atoms with van der Waals surface area (Å²) in [5.41, 5.74) is 5.90. The molecule has 0 rings (SSSR count). The summed E-state index contributed by atoms with van der Waals surface area (Å²) in [6, 6.07) is -0.0912. The highest BCUT2D eigenvalue weighted by Crippen LogP contribution is 2.19. The third-order valence-corrected chi connectivity index (χ3v) is 2.62. The minimum Gasteiger partial charge on any atom is -0.385 e. The van der Waals surface area contributed by atoms with Crippen molar-refractivity contribution in [2.45, 2.75) is 46.1 Å². The van der Waals surface area contributed by atoms with Crippen molar-refractivity contribution in [1.82, 2.24) is 5.32 Å². The zero-order valence-electron chi connectivity index (χ0n) is 11.0. The van der Waals surface area contributed by atoms with E-state index in [1.54, 1.807) is 7.11 Å². The molecule has 0 aromatic carbocycles. The van der Waals surface area contributed by atoms with Crippen LogP contribution < -0.4 is 11.1 Å². The van der Waals surface area contributed by atoms with Crippen molar-refractivity contribution in [1.29, 1.82) is 0 Å². The van der Waals surface area contributed by atoms with E-state index in [4.69, 9.17) is 10.5 Å². The summed E-state index contributed by atoms with van der Waals surface area (Å²) < 4.78 is 4.93. The Morgan fingerprint density at radius 2 is 2.00 bits per heavy atom. The summed E-state index contributed by atoms with van der Waals surface area (Å²) in [5.74, 6) is 0.0415. The average Bonchev–Trinajstić information content (AvgIpc) is 2.16. The highest BCUT2D eigenvalue weighted by atomic mass is 16.5. The molecule has 1 unspecified atom stereocenters. The first-order chi connectivity index (χ1) is 7.38. The Morgan fingerprint density at radius 1 is 1.38 bits per heavy atom. The molecule has 0 aliphatic rings. The van der Waals surface area contributed by atoms with Crippen molar-refractivity contribution < 1.29 is 9.53 Å². The Morgan fingerprint density at radius 3 is 2.50 bits per heavy atom. The predicted octanol–water partition coefficient (Wildman–Crippen LogP) is 1.29. The van der Waals surface area contributed by atoms with Gasteiger partial charge in [0.2, 0.25) is 5.91 Å². The molecule has 0 heterocycles. The molecule has 0 aliphatic carbocycles. The Hall–Kier alpha value is -0.610. The van der Waals surface area contributed by atoms with E-state index in [1.165, 1.54) is 0 Å². The van der Waals surface area contributed by atoms with Crippen LogP contribution in [0.4, 0.5) is 0 Å². The minimum atomic E-state index is -0.0912.